The van der Waals surface area contributed by atoms with Gasteiger partial charge in [-0.3, -0.25) is 0 Å². The van der Waals surface area contributed by atoms with Crippen molar-refractivity contribution in [3.05, 3.63) is 22.3 Å². The van der Waals surface area contributed by atoms with Crippen LogP contribution in [0.3, 0.4) is 0 Å². The molecule has 15 heavy (non-hydrogen) atoms. The number of aromatic nitrogens is 1. The van der Waals surface area contributed by atoms with Crippen LogP contribution in [-0.4, -0.2) is 22.5 Å². The summed E-state index contributed by atoms with van der Waals surface area (Å²) in [5, 5.41) is 4.37. The van der Waals surface area contributed by atoms with Crippen LogP contribution in [-0.2, 0) is 0 Å². The highest BCUT2D eigenvalue weighted by Crippen LogP contribution is 2.23. The number of rotatable bonds is 5. The Kier molecular flexibility index (Phi) is 5.58. The molecule has 0 amide bonds. The zero-order chi connectivity index (χ0) is 11.3. The summed E-state index contributed by atoms with van der Waals surface area (Å²) in [4.78, 5) is 4.14. The molecule has 1 N–H and O–H groups in total. The van der Waals surface area contributed by atoms with Gasteiger partial charge in [-0.25, -0.2) is 4.98 Å². The Labute approximate surface area is 105 Å². The van der Waals surface area contributed by atoms with E-state index in [4.69, 9.17) is 23.2 Å². The predicted octanol–water partition coefficient (Wildman–Crippen LogP) is 3.94. The van der Waals surface area contributed by atoms with E-state index in [1.165, 1.54) is 0 Å². The maximum Gasteiger partial charge on any atom is 0.145 e. The Hall–Kier alpha value is -0.120. The fourth-order valence-electron chi connectivity index (χ4n) is 1.09. The molecule has 1 heterocycles. The molecule has 1 unspecified atom stereocenters. The lowest BCUT2D eigenvalue weighted by atomic mass is 10.3. The molecule has 0 spiro atoms. The highest BCUT2D eigenvalue weighted by molar-refractivity contribution is 7.99. The van der Waals surface area contributed by atoms with E-state index >= 15 is 0 Å². The molecule has 0 radical (unpaired) electrons. The lowest BCUT2D eigenvalue weighted by molar-refractivity contribution is 0.902. The van der Waals surface area contributed by atoms with Crippen LogP contribution in [0.15, 0.2) is 12.3 Å². The van der Waals surface area contributed by atoms with Gasteiger partial charge in [0, 0.05) is 18.0 Å². The van der Waals surface area contributed by atoms with Gasteiger partial charge in [-0.15, -0.1) is 0 Å². The summed E-state index contributed by atoms with van der Waals surface area (Å²) in [6.07, 6.45) is 1.59. The van der Waals surface area contributed by atoms with Crippen LogP contribution in [0.4, 0.5) is 5.82 Å². The molecule has 1 atom stereocenters. The monoisotopic (exact) mass is 264 g/mol. The quantitative estimate of drug-likeness (QED) is 0.872. The molecule has 0 aliphatic heterocycles. The number of nitrogens with zero attached hydrogens (tertiary/aromatic N) is 1. The highest BCUT2D eigenvalue weighted by atomic mass is 35.5. The van der Waals surface area contributed by atoms with Crippen molar-refractivity contribution in [1.29, 1.82) is 0 Å². The van der Waals surface area contributed by atoms with E-state index in [2.05, 4.69) is 24.1 Å². The maximum atomic E-state index is 5.99. The van der Waals surface area contributed by atoms with Gasteiger partial charge < -0.3 is 5.32 Å². The van der Waals surface area contributed by atoms with E-state index in [-0.39, 0.29) is 0 Å². The van der Waals surface area contributed by atoms with E-state index in [0.717, 1.165) is 11.5 Å². The van der Waals surface area contributed by atoms with Gasteiger partial charge in [0.05, 0.1) is 10.0 Å². The Morgan fingerprint density at radius 2 is 2.27 bits per heavy atom. The minimum atomic E-state index is 0.348. The van der Waals surface area contributed by atoms with E-state index in [9.17, 15) is 0 Å². The summed E-state index contributed by atoms with van der Waals surface area (Å²) in [6, 6.07) is 2.04. The first-order valence-electron chi connectivity index (χ1n) is 4.78. The largest absolute Gasteiger partial charge is 0.366 e. The fraction of sp³-hybridized carbons (Fsp3) is 0.500. The molecule has 0 bridgehead atoms. The molecule has 84 valence electrons. The SMILES string of the molecule is CCSCC(C)Nc1ncc(Cl)cc1Cl. The molecule has 0 saturated heterocycles. The summed E-state index contributed by atoms with van der Waals surface area (Å²) in [5.74, 6) is 2.86. The van der Waals surface area contributed by atoms with Gasteiger partial charge in [0.2, 0.25) is 0 Å². The average Bonchev–Trinajstić information content (AvgIpc) is 2.19. The van der Waals surface area contributed by atoms with Gasteiger partial charge in [0.25, 0.3) is 0 Å². The number of hydrogen-bond donors (Lipinski definition) is 1. The first-order valence-corrected chi connectivity index (χ1v) is 6.70. The Balaban J connectivity index is 2.56. The van der Waals surface area contributed by atoms with Gasteiger partial charge in [0.15, 0.2) is 0 Å². The molecule has 0 aliphatic rings. The van der Waals surface area contributed by atoms with Crippen LogP contribution in [0.25, 0.3) is 0 Å². The molecular weight excluding hydrogens is 251 g/mol. The van der Waals surface area contributed by atoms with Crippen molar-refractivity contribution < 1.29 is 0 Å². The van der Waals surface area contributed by atoms with E-state index in [1.807, 2.05) is 11.8 Å². The molecule has 1 aromatic heterocycles. The second-order valence-electron chi connectivity index (χ2n) is 3.19. The number of thioether (sulfide) groups is 1. The van der Waals surface area contributed by atoms with Gasteiger partial charge in [-0.1, -0.05) is 30.1 Å². The Bertz CT molecular complexity index is 320. The van der Waals surface area contributed by atoms with Crippen LogP contribution in [0, 0.1) is 0 Å². The number of pyridine rings is 1. The van der Waals surface area contributed by atoms with E-state index < -0.39 is 0 Å². The van der Waals surface area contributed by atoms with Crippen molar-refractivity contribution in [3.63, 3.8) is 0 Å². The molecule has 1 rings (SSSR count). The van der Waals surface area contributed by atoms with Gasteiger partial charge in [-0.05, 0) is 18.7 Å². The molecule has 1 aromatic rings. The van der Waals surface area contributed by atoms with Crippen molar-refractivity contribution in [2.75, 3.05) is 16.8 Å². The summed E-state index contributed by atoms with van der Waals surface area (Å²) in [6.45, 7) is 4.25. The van der Waals surface area contributed by atoms with Crippen molar-refractivity contribution in [2.45, 2.75) is 19.9 Å². The summed E-state index contributed by atoms with van der Waals surface area (Å²) in [7, 11) is 0. The average molecular weight is 265 g/mol. The molecule has 2 nitrogen and oxygen atoms in total. The first-order chi connectivity index (χ1) is 7.13. The summed E-state index contributed by atoms with van der Waals surface area (Å²) in [5.41, 5.74) is 0. The predicted molar refractivity (Wildman–Crippen MR) is 70.3 cm³/mol. The fourth-order valence-corrected chi connectivity index (χ4v) is 2.20. The Morgan fingerprint density at radius 3 is 2.87 bits per heavy atom. The summed E-state index contributed by atoms with van der Waals surface area (Å²) < 4.78 is 0. The van der Waals surface area contributed by atoms with Gasteiger partial charge in [0.1, 0.15) is 5.82 Å². The molecule has 0 aliphatic carbocycles. The Morgan fingerprint density at radius 1 is 1.53 bits per heavy atom. The van der Waals surface area contributed by atoms with Crippen molar-refractivity contribution >= 4 is 40.8 Å². The lowest BCUT2D eigenvalue weighted by Gasteiger charge is -2.14. The standard InChI is InChI=1S/C10H14Cl2N2S/c1-3-15-6-7(2)14-10-9(12)4-8(11)5-13-10/h4-5,7H,3,6H2,1-2H3,(H,13,14). The van der Waals surface area contributed by atoms with Crippen LogP contribution < -0.4 is 5.32 Å². The highest BCUT2D eigenvalue weighted by Gasteiger charge is 2.06. The zero-order valence-electron chi connectivity index (χ0n) is 8.76. The molecule has 0 fully saturated rings. The molecule has 5 heteroatoms. The van der Waals surface area contributed by atoms with Gasteiger partial charge in [-0.2, -0.15) is 11.8 Å². The summed E-state index contributed by atoms with van der Waals surface area (Å²) >= 11 is 13.6. The number of hydrogen-bond acceptors (Lipinski definition) is 3. The van der Waals surface area contributed by atoms with Crippen LogP contribution in [0.1, 0.15) is 13.8 Å². The van der Waals surface area contributed by atoms with Gasteiger partial charge >= 0.3 is 0 Å². The maximum absolute atomic E-state index is 5.99. The van der Waals surface area contributed by atoms with Crippen molar-refractivity contribution in [3.8, 4) is 0 Å². The van der Waals surface area contributed by atoms with E-state index in [1.54, 1.807) is 12.3 Å². The molecule has 0 saturated carbocycles. The number of anilines is 1. The van der Waals surface area contributed by atoms with E-state index in [0.29, 0.717) is 21.9 Å². The van der Waals surface area contributed by atoms with Crippen molar-refractivity contribution in [2.24, 2.45) is 0 Å². The third kappa shape index (κ3) is 4.49. The topological polar surface area (TPSA) is 24.9 Å². The van der Waals surface area contributed by atoms with Crippen molar-refractivity contribution in [1.82, 2.24) is 4.98 Å². The van der Waals surface area contributed by atoms with Crippen LogP contribution in [0.5, 0.6) is 0 Å². The first kappa shape index (κ1) is 12.9. The van der Waals surface area contributed by atoms with Crippen LogP contribution >= 0.6 is 35.0 Å². The third-order valence-corrected chi connectivity index (χ3v) is 3.40. The molecular formula is C10H14Cl2N2S. The van der Waals surface area contributed by atoms with Crippen LogP contribution in [0.2, 0.25) is 10.0 Å². The minimum absolute atomic E-state index is 0.348. The second-order valence-corrected chi connectivity index (χ2v) is 5.35. The normalized spacial score (nSPS) is 12.5. The molecule has 0 aromatic carbocycles. The minimum Gasteiger partial charge on any atom is -0.366 e. The zero-order valence-corrected chi connectivity index (χ0v) is 11.1. The third-order valence-electron chi connectivity index (χ3n) is 1.76. The number of nitrogens with one attached hydrogen (secondary N) is 1. The smallest absolute Gasteiger partial charge is 0.145 e. The second kappa shape index (κ2) is 6.46. The number of halogens is 2. The lowest BCUT2D eigenvalue weighted by Crippen LogP contribution is -2.19.